The lowest BCUT2D eigenvalue weighted by Crippen LogP contribution is -2.16. The minimum Gasteiger partial charge on any atom is -0.455 e. The first kappa shape index (κ1) is 41.3. The molecule has 12 aromatic rings. The van der Waals surface area contributed by atoms with E-state index in [1.54, 1.807) is 0 Å². The number of fused-ring (bicyclic) bond motifs is 8. The maximum Gasteiger partial charge on any atom is 0.143 e. The number of anilines is 6. The average molecular weight is 897 g/mol. The molecule has 3 heteroatoms. The van der Waals surface area contributed by atoms with Crippen LogP contribution in [0, 0.1) is 0 Å². The Kier molecular flexibility index (Phi) is 9.85. The molecule has 0 aliphatic heterocycles. The highest BCUT2D eigenvalue weighted by Crippen LogP contribution is 2.52. The monoisotopic (exact) mass is 896 g/mol. The normalized spacial score (nSPS) is 12.5. The summed E-state index contributed by atoms with van der Waals surface area (Å²) in [6.07, 6.45) is 0. The zero-order valence-corrected chi connectivity index (χ0v) is 39.1. The minimum absolute atomic E-state index is 0.160. The standard InChI is InChI=1S/C67H48N2O/c1-67(2)61-27-15-14-23-56(61)57-42-41-54(43-62(57)67)69(53-37-31-48(32-38-53)46-19-8-4-9-20-46)63-44-60-65-55(26-16-28-64(65)70-66(60)59-25-13-12-24-58(59)63)49-33-39-52(40-34-49)68(50-21-10-5-11-22-50)51-35-29-47(30-36-51)45-17-6-3-7-18-45/h3-44H,1-2H3. The maximum atomic E-state index is 6.95. The number of hydrogen-bond acceptors (Lipinski definition) is 3. The molecule has 11 aromatic carbocycles. The van der Waals surface area contributed by atoms with Crippen LogP contribution in [0.4, 0.5) is 34.1 Å². The van der Waals surface area contributed by atoms with Gasteiger partial charge in [0.15, 0.2) is 0 Å². The molecule has 0 saturated heterocycles. The molecule has 13 rings (SSSR count). The van der Waals surface area contributed by atoms with Gasteiger partial charge in [-0.2, -0.15) is 0 Å². The molecule has 0 radical (unpaired) electrons. The van der Waals surface area contributed by atoms with Crippen molar-refractivity contribution in [1.82, 2.24) is 0 Å². The van der Waals surface area contributed by atoms with E-state index in [1.165, 1.54) is 44.5 Å². The molecular weight excluding hydrogens is 849 g/mol. The summed E-state index contributed by atoms with van der Waals surface area (Å²) in [4.78, 5) is 4.78. The molecule has 1 aromatic heterocycles. The minimum atomic E-state index is -0.160. The van der Waals surface area contributed by atoms with Crippen LogP contribution in [0.25, 0.3) is 77.2 Å². The molecule has 1 heterocycles. The fraction of sp³-hybridized carbons (Fsp3) is 0.0448. The molecular formula is C67H48N2O. The van der Waals surface area contributed by atoms with Gasteiger partial charge in [0.2, 0.25) is 0 Å². The van der Waals surface area contributed by atoms with Crippen molar-refractivity contribution in [2.24, 2.45) is 0 Å². The fourth-order valence-corrected chi connectivity index (χ4v) is 11.0. The molecule has 0 unspecified atom stereocenters. The SMILES string of the molecule is CC1(C)c2ccccc2-c2ccc(N(c3ccc(-c4ccccc4)cc3)c3cc4c(oc5cccc(-c6ccc(N(c7ccccc7)c7ccc(-c8ccccc8)cc7)cc6)c54)c4ccccc34)cc21. The Hall–Kier alpha value is -8.92. The summed E-state index contributed by atoms with van der Waals surface area (Å²) in [5.41, 5.74) is 20.5. The molecule has 0 atom stereocenters. The molecule has 3 nitrogen and oxygen atoms in total. The number of benzene rings is 11. The lowest BCUT2D eigenvalue weighted by molar-refractivity contribution is 0.660. The van der Waals surface area contributed by atoms with Crippen molar-refractivity contribution in [3.63, 3.8) is 0 Å². The van der Waals surface area contributed by atoms with Crippen molar-refractivity contribution in [2.75, 3.05) is 9.80 Å². The second kappa shape index (κ2) is 16.7. The van der Waals surface area contributed by atoms with Crippen LogP contribution in [0.2, 0.25) is 0 Å². The molecule has 0 amide bonds. The van der Waals surface area contributed by atoms with Gasteiger partial charge >= 0.3 is 0 Å². The van der Waals surface area contributed by atoms with Crippen molar-refractivity contribution >= 4 is 66.8 Å². The van der Waals surface area contributed by atoms with Crippen LogP contribution in [0.3, 0.4) is 0 Å². The van der Waals surface area contributed by atoms with E-state index in [0.717, 1.165) is 78.0 Å². The molecule has 1 aliphatic carbocycles. The highest BCUT2D eigenvalue weighted by molar-refractivity contribution is 6.22. The Balaban J connectivity index is 0.964. The van der Waals surface area contributed by atoms with Gasteiger partial charge in [0, 0.05) is 55.4 Å². The van der Waals surface area contributed by atoms with E-state index in [9.17, 15) is 0 Å². The largest absolute Gasteiger partial charge is 0.455 e. The number of para-hydroxylation sites is 1. The van der Waals surface area contributed by atoms with Crippen molar-refractivity contribution in [3.8, 4) is 44.5 Å². The van der Waals surface area contributed by atoms with Crippen LogP contribution in [0.1, 0.15) is 25.0 Å². The first-order valence-electron chi connectivity index (χ1n) is 24.2. The summed E-state index contributed by atoms with van der Waals surface area (Å²) < 4.78 is 6.95. The van der Waals surface area contributed by atoms with E-state index in [0.29, 0.717) is 0 Å². The van der Waals surface area contributed by atoms with Gasteiger partial charge in [0.25, 0.3) is 0 Å². The molecule has 0 N–H and O–H groups in total. The summed E-state index contributed by atoms with van der Waals surface area (Å²) in [5.74, 6) is 0. The maximum absolute atomic E-state index is 6.95. The van der Waals surface area contributed by atoms with Crippen molar-refractivity contribution in [3.05, 3.63) is 266 Å². The lowest BCUT2D eigenvalue weighted by Gasteiger charge is -2.29. The second-order valence-electron chi connectivity index (χ2n) is 18.9. The molecule has 0 fully saturated rings. The predicted octanol–water partition coefficient (Wildman–Crippen LogP) is 19.0. The lowest BCUT2D eigenvalue weighted by atomic mass is 9.82. The zero-order chi connectivity index (χ0) is 46.8. The Morgan fingerprint density at radius 3 is 1.43 bits per heavy atom. The number of hydrogen-bond donors (Lipinski definition) is 0. The molecule has 332 valence electrons. The third kappa shape index (κ3) is 6.89. The smallest absolute Gasteiger partial charge is 0.143 e. The van der Waals surface area contributed by atoms with Gasteiger partial charge in [-0.25, -0.2) is 0 Å². The highest BCUT2D eigenvalue weighted by atomic mass is 16.3. The van der Waals surface area contributed by atoms with Gasteiger partial charge in [-0.15, -0.1) is 0 Å². The van der Waals surface area contributed by atoms with E-state index < -0.39 is 0 Å². The fourth-order valence-electron chi connectivity index (χ4n) is 11.0. The first-order valence-corrected chi connectivity index (χ1v) is 24.2. The zero-order valence-electron chi connectivity index (χ0n) is 39.1. The van der Waals surface area contributed by atoms with Gasteiger partial charge in [-0.05, 0) is 128 Å². The van der Waals surface area contributed by atoms with Gasteiger partial charge in [-0.1, -0.05) is 196 Å². The molecule has 0 bridgehead atoms. The van der Waals surface area contributed by atoms with Gasteiger partial charge in [0.1, 0.15) is 11.2 Å². The number of rotatable bonds is 9. The Labute approximate surface area is 408 Å². The van der Waals surface area contributed by atoms with Gasteiger partial charge < -0.3 is 14.2 Å². The highest BCUT2D eigenvalue weighted by Gasteiger charge is 2.36. The van der Waals surface area contributed by atoms with Crippen LogP contribution in [0.5, 0.6) is 0 Å². The van der Waals surface area contributed by atoms with Gasteiger partial charge in [0.05, 0.1) is 5.69 Å². The van der Waals surface area contributed by atoms with E-state index in [1.807, 2.05) is 0 Å². The summed E-state index contributed by atoms with van der Waals surface area (Å²) in [7, 11) is 0. The summed E-state index contributed by atoms with van der Waals surface area (Å²) in [6.45, 7) is 4.71. The summed E-state index contributed by atoms with van der Waals surface area (Å²) in [6, 6.07) is 92.1. The molecule has 0 saturated carbocycles. The van der Waals surface area contributed by atoms with Crippen molar-refractivity contribution in [2.45, 2.75) is 19.3 Å². The predicted molar refractivity (Wildman–Crippen MR) is 294 cm³/mol. The van der Waals surface area contributed by atoms with Crippen LogP contribution in [0.15, 0.2) is 259 Å². The van der Waals surface area contributed by atoms with Crippen molar-refractivity contribution < 1.29 is 4.42 Å². The quantitative estimate of drug-likeness (QED) is 0.144. The summed E-state index contributed by atoms with van der Waals surface area (Å²) in [5, 5.41) is 4.36. The molecule has 70 heavy (non-hydrogen) atoms. The molecule has 1 aliphatic rings. The first-order chi connectivity index (χ1) is 34.5. The van der Waals surface area contributed by atoms with E-state index in [4.69, 9.17) is 4.42 Å². The number of nitrogens with zero attached hydrogens (tertiary/aromatic N) is 2. The summed E-state index contributed by atoms with van der Waals surface area (Å²) >= 11 is 0. The topological polar surface area (TPSA) is 19.6 Å². The average Bonchev–Trinajstić information content (AvgIpc) is 3.92. The van der Waals surface area contributed by atoms with Gasteiger partial charge in [-0.3, -0.25) is 0 Å². The van der Waals surface area contributed by atoms with E-state index in [2.05, 4.69) is 278 Å². The van der Waals surface area contributed by atoms with Crippen molar-refractivity contribution in [1.29, 1.82) is 0 Å². The molecule has 0 spiro atoms. The van der Waals surface area contributed by atoms with E-state index >= 15 is 0 Å². The van der Waals surface area contributed by atoms with Crippen LogP contribution < -0.4 is 9.80 Å². The van der Waals surface area contributed by atoms with Crippen LogP contribution in [-0.2, 0) is 5.41 Å². The Morgan fingerprint density at radius 1 is 0.314 bits per heavy atom. The number of furan rings is 1. The van der Waals surface area contributed by atoms with Crippen LogP contribution in [-0.4, -0.2) is 0 Å². The van der Waals surface area contributed by atoms with Crippen LogP contribution >= 0.6 is 0 Å². The third-order valence-electron chi connectivity index (χ3n) is 14.5. The Bertz CT molecular complexity index is 3880. The second-order valence-corrected chi connectivity index (χ2v) is 18.9. The van der Waals surface area contributed by atoms with E-state index in [-0.39, 0.29) is 5.41 Å². The third-order valence-corrected chi connectivity index (χ3v) is 14.5. The Morgan fingerprint density at radius 2 is 0.786 bits per heavy atom.